The van der Waals surface area contributed by atoms with Crippen molar-refractivity contribution >= 4 is 24.5 Å². The number of carbonyl (C=O) groups is 3. The van der Waals surface area contributed by atoms with Crippen molar-refractivity contribution in [2.45, 2.75) is 38.8 Å². The van der Waals surface area contributed by atoms with Gasteiger partial charge in [0.05, 0.1) is 12.2 Å². The van der Waals surface area contributed by atoms with Crippen molar-refractivity contribution in [2.24, 2.45) is 0 Å². The number of pyridine rings is 1. The first-order valence-corrected chi connectivity index (χ1v) is 10.8. The summed E-state index contributed by atoms with van der Waals surface area (Å²) < 4.78 is 15.3. The third kappa shape index (κ3) is 7.66. The fraction of sp³-hybridized carbons (Fsp3) is 0.333. The molecular weight excluding hydrogens is 443 g/mol. The lowest BCUT2D eigenvalue weighted by Gasteiger charge is -2.33. The lowest BCUT2D eigenvalue weighted by atomic mass is 10.0. The van der Waals surface area contributed by atoms with Crippen LogP contribution < -0.4 is 5.32 Å². The van der Waals surface area contributed by atoms with Crippen LogP contribution in [0.25, 0.3) is 5.65 Å². The van der Waals surface area contributed by atoms with E-state index < -0.39 is 6.04 Å². The molecule has 0 saturated carbocycles. The highest BCUT2D eigenvalue weighted by Gasteiger charge is 2.28. The molecule has 1 aromatic carbocycles. The molecule has 1 amide bonds. The minimum atomic E-state index is -0.403. The molecule has 1 saturated heterocycles. The van der Waals surface area contributed by atoms with Crippen LogP contribution in [0.4, 0.5) is 4.39 Å². The van der Waals surface area contributed by atoms with Crippen molar-refractivity contribution in [3.63, 3.8) is 0 Å². The number of benzene rings is 1. The Labute approximate surface area is 196 Å². The zero-order valence-electron chi connectivity index (χ0n) is 18.9. The molecule has 34 heavy (non-hydrogen) atoms. The lowest BCUT2D eigenvalue weighted by Crippen LogP contribution is -2.42. The number of halogens is 1. The smallest absolute Gasteiger partial charge is 0.290 e. The maximum atomic E-state index is 13.4. The number of carboxylic acid groups (broad SMARTS) is 2. The average Bonchev–Trinajstić information content (AvgIpc) is 3.23. The molecule has 3 N–H and O–H groups in total. The van der Waals surface area contributed by atoms with Gasteiger partial charge in [-0.1, -0.05) is 24.6 Å². The van der Waals surface area contributed by atoms with Crippen LogP contribution in [0, 0.1) is 12.7 Å². The minimum Gasteiger partial charge on any atom is -0.483 e. The first-order chi connectivity index (χ1) is 16.4. The summed E-state index contributed by atoms with van der Waals surface area (Å²) >= 11 is 0. The van der Waals surface area contributed by atoms with Crippen LogP contribution in [0.3, 0.4) is 0 Å². The largest absolute Gasteiger partial charge is 0.483 e. The molecule has 0 radical (unpaired) electrons. The van der Waals surface area contributed by atoms with Crippen molar-refractivity contribution in [3.05, 3.63) is 71.4 Å². The number of imidazole rings is 1. The molecule has 1 unspecified atom stereocenters. The quantitative estimate of drug-likeness (QED) is 0.488. The van der Waals surface area contributed by atoms with Gasteiger partial charge in [-0.2, -0.15) is 0 Å². The second kappa shape index (κ2) is 13.7. The number of amides is 1. The fourth-order valence-electron chi connectivity index (χ4n) is 3.86. The van der Waals surface area contributed by atoms with Gasteiger partial charge in [0.1, 0.15) is 17.5 Å². The number of carbonyl (C=O) groups excluding carboxylic acids is 1. The molecule has 3 heterocycles. The molecule has 9 nitrogen and oxygen atoms in total. The molecular formula is C24H29FN4O5. The number of aromatic nitrogens is 2. The van der Waals surface area contributed by atoms with Crippen molar-refractivity contribution < 1.29 is 29.0 Å². The Balaban J connectivity index is 0.000000618. The summed E-state index contributed by atoms with van der Waals surface area (Å²) in [4.78, 5) is 36.6. The molecule has 4 rings (SSSR count). The predicted octanol–water partition coefficient (Wildman–Crippen LogP) is 3.03. The second-order valence-corrected chi connectivity index (χ2v) is 7.68. The van der Waals surface area contributed by atoms with E-state index in [0.29, 0.717) is 6.54 Å². The zero-order valence-corrected chi connectivity index (χ0v) is 18.9. The Morgan fingerprint density at radius 1 is 1.06 bits per heavy atom. The molecule has 1 atom stereocenters. The van der Waals surface area contributed by atoms with Crippen LogP contribution in [0.1, 0.15) is 42.1 Å². The first-order valence-electron chi connectivity index (χ1n) is 10.8. The maximum Gasteiger partial charge on any atom is 0.290 e. The van der Waals surface area contributed by atoms with Gasteiger partial charge in [0.25, 0.3) is 12.9 Å². The van der Waals surface area contributed by atoms with E-state index in [1.165, 1.54) is 18.6 Å². The highest BCUT2D eigenvalue weighted by atomic mass is 19.1. The van der Waals surface area contributed by atoms with Gasteiger partial charge < -0.3 is 19.9 Å². The normalized spacial score (nSPS) is 14.1. The van der Waals surface area contributed by atoms with E-state index in [-0.39, 0.29) is 24.7 Å². The molecule has 0 spiro atoms. The molecule has 0 aliphatic carbocycles. The number of fused-ring (bicyclic) bond motifs is 1. The van der Waals surface area contributed by atoms with Crippen molar-refractivity contribution in [1.29, 1.82) is 0 Å². The van der Waals surface area contributed by atoms with Gasteiger partial charge in [-0.3, -0.25) is 19.3 Å². The van der Waals surface area contributed by atoms with E-state index in [1.54, 1.807) is 12.1 Å². The van der Waals surface area contributed by atoms with Crippen LogP contribution >= 0.6 is 0 Å². The molecule has 182 valence electrons. The summed E-state index contributed by atoms with van der Waals surface area (Å²) in [7, 11) is 0. The van der Waals surface area contributed by atoms with Gasteiger partial charge in [0, 0.05) is 12.4 Å². The van der Waals surface area contributed by atoms with Gasteiger partial charge in [0.15, 0.2) is 0 Å². The van der Waals surface area contributed by atoms with Crippen LogP contribution in [0.5, 0.6) is 0 Å². The van der Waals surface area contributed by atoms with E-state index in [0.717, 1.165) is 48.4 Å². The summed E-state index contributed by atoms with van der Waals surface area (Å²) in [5, 5.41) is 16.8. The molecule has 1 fully saturated rings. The van der Waals surface area contributed by atoms with Crippen molar-refractivity contribution in [1.82, 2.24) is 19.6 Å². The standard InChI is InChI=1S/C22H25FN4O.2CH2O2/c1-16-5-10-20-25-19(15-27(20)14-16)13-24-22(28)21(26-11-3-2-4-12-26)17-6-8-18(23)9-7-17;2*2-1-3/h5-10,14-15,21H,2-4,11-13H2,1H3,(H,24,28);2*1H,(H,2,3). The Morgan fingerprint density at radius 2 is 1.68 bits per heavy atom. The van der Waals surface area contributed by atoms with E-state index in [4.69, 9.17) is 19.8 Å². The average molecular weight is 473 g/mol. The fourth-order valence-corrected chi connectivity index (χ4v) is 3.86. The maximum absolute atomic E-state index is 13.4. The van der Waals surface area contributed by atoms with E-state index in [2.05, 4.69) is 15.2 Å². The van der Waals surface area contributed by atoms with Crippen molar-refractivity contribution in [2.75, 3.05) is 13.1 Å². The summed E-state index contributed by atoms with van der Waals surface area (Å²) in [6.45, 7) is 3.66. The van der Waals surface area contributed by atoms with Gasteiger partial charge in [-0.05, 0) is 62.2 Å². The summed E-state index contributed by atoms with van der Waals surface area (Å²) in [6, 6.07) is 9.85. The summed E-state index contributed by atoms with van der Waals surface area (Å²) in [5.74, 6) is -0.358. The van der Waals surface area contributed by atoms with E-state index in [9.17, 15) is 9.18 Å². The monoisotopic (exact) mass is 472 g/mol. The summed E-state index contributed by atoms with van der Waals surface area (Å²) in [5.41, 5.74) is 3.66. The number of nitrogens with one attached hydrogen (secondary N) is 1. The third-order valence-electron chi connectivity index (χ3n) is 5.28. The van der Waals surface area contributed by atoms with Crippen LogP contribution in [0.2, 0.25) is 0 Å². The summed E-state index contributed by atoms with van der Waals surface area (Å²) in [6.07, 6.45) is 7.31. The number of rotatable bonds is 5. The lowest BCUT2D eigenvalue weighted by molar-refractivity contribution is -0.127. The SMILES string of the molecule is Cc1ccc2nc(CNC(=O)C(c3ccc(F)cc3)N3CCCCC3)cn2c1.O=CO.O=CO. The van der Waals surface area contributed by atoms with Crippen molar-refractivity contribution in [3.8, 4) is 0 Å². The number of piperidine rings is 1. The first kappa shape index (κ1) is 26.5. The van der Waals surface area contributed by atoms with Crippen LogP contribution in [-0.2, 0) is 20.9 Å². The van der Waals surface area contributed by atoms with E-state index >= 15 is 0 Å². The number of hydrogen-bond acceptors (Lipinski definition) is 5. The van der Waals surface area contributed by atoms with Gasteiger partial charge in [0.2, 0.25) is 5.91 Å². The second-order valence-electron chi connectivity index (χ2n) is 7.68. The number of likely N-dealkylation sites (tertiary alicyclic amines) is 1. The highest BCUT2D eigenvalue weighted by molar-refractivity contribution is 5.83. The van der Waals surface area contributed by atoms with Crippen LogP contribution in [-0.4, -0.2) is 56.4 Å². The number of hydrogen-bond donors (Lipinski definition) is 3. The van der Waals surface area contributed by atoms with Crippen LogP contribution in [0.15, 0.2) is 48.8 Å². The molecule has 2 aromatic heterocycles. The minimum absolute atomic E-state index is 0.0678. The number of nitrogens with zero attached hydrogens (tertiary/aromatic N) is 3. The molecule has 10 heteroatoms. The zero-order chi connectivity index (χ0) is 24.9. The molecule has 1 aliphatic heterocycles. The Morgan fingerprint density at radius 3 is 2.29 bits per heavy atom. The van der Waals surface area contributed by atoms with Gasteiger partial charge >= 0.3 is 0 Å². The highest BCUT2D eigenvalue weighted by Crippen LogP contribution is 2.25. The van der Waals surface area contributed by atoms with Gasteiger partial charge in [-0.25, -0.2) is 9.37 Å². The Kier molecular flexibility index (Phi) is 10.7. The third-order valence-corrected chi connectivity index (χ3v) is 5.28. The predicted molar refractivity (Wildman–Crippen MR) is 124 cm³/mol. The topological polar surface area (TPSA) is 124 Å². The molecule has 3 aromatic rings. The van der Waals surface area contributed by atoms with Gasteiger partial charge in [-0.15, -0.1) is 0 Å². The van der Waals surface area contributed by atoms with E-state index in [1.807, 2.05) is 35.9 Å². The molecule has 1 aliphatic rings. The molecule has 0 bridgehead atoms. The number of aryl methyl sites for hydroxylation is 1. The Hall–Kier alpha value is -3.79. The Bertz CT molecular complexity index is 1060.